The molecule has 0 spiro atoms. The van der Waals surface area contributed by atoms with Crippen molar-refractivity contribution < 1.29 is 9.53 Å². The number of rotatable bonds is 6. The summed E-state index contributed by atoms with van der Waals surface area (Å²) < 4.78 is 5.62. The predicted octanol–water partition coefficient (Wildman–Crippen LogP) is 2.29. The van der Waals surface area contributed by atoms with Crippen LogP contribution in [0.2, 0.25) is 0 Å². The quantitative estimate of drug-likeness (QED) is 0.812. The average molecular weight is 364 g/mol. The molecule has 132 valence electrons. The van der Waals surface area contributed by atoms with E-state index < -0.39 is 0 Å². The molecule has 23 heavy (non-hydrogen) atoms. The maximum absolute atomic E-state index is 12.2. The van der Waals surface area contributed by atoms with Gasteiger partial charge in [0.1, 0.15) is 6.10 Å². The first-order valence-corrected chi connectivity index (χ1v) is 7.65. The molecular weight excluding hydrogens is 337 g/mol. The molecule has 2 rings (SSSR count). The van der Waals surface area contributed by atoms with Crippen LogP contribution in [0.4, 0.5) is 0 Å². The van der Waals surface area contributed by atoms with Crippen LogP contribution >= 0.6 is 24.8 Å². The summed E-state index contributed by atoms with van der Waals surface area (Å²) in [6.07, 6.45) is 4.93. The van der Waals surface area contributed by atoms with Crippen LogP contribution in [-0.4, -0.2) is 36.2 Å². The molecule has 0 bridgehead atoms. The molecule has 1 fully saturated rings. The van der Waals surface area contributed by atoms with E-state index >= 15 is 0 Å². The number of amides is 1. The lowest BCUT2D eigenvalue weighted by Crippen LogP contribution is -2.38. The van der Waals surface area contributed by atoms with Gasteiger partial charge in [-0.05, 0) is 30.4 Å². The molecule has 3 N–H and O–H groups in total. The van der Waals surface area contributed by atoms with Gasteiger partial charge in [-0.15, -0.1) is 24.8 Å². The summed E-state index contributed by atoms with van der Waals surface area (Å²) in [6, 6.07) is 3.98. The van der Waals surface area contributed by atoms with Crippen LogP contribution in [0.25, 0.3) is 0 Å². The molecule has 2 heterocycles. The van der Waals surface area contributed by atoms with E-state index in [1.807, 2.05) is 12.3 Å². The summed E-state index contributed by atoms with van der Waals surface area (Å²) in [4.78, 5) is 16.3. The van der Waals surface area contributed by atoms with E-state index in [0.29, 0.717) is 19.0 Å². The molecule has 1 unspecified atom stereocenters. The van der Waals surface area contributed by atoms with E-state index in [1.54, 1.807) is 6.20 Å². The van der Waals surface area contributed by atoms with Crippen LogP contribution in [0.5, 0.6) is 0 Å². The molecule has 0 aliphatic carbocycles. The highest BCUT2D eigenvalue weighted by atomic mass is 35.5. The first-order chi connectivity index (χ1) is 10.1. The Hall–Kier alpha value is -0.880. The van der Waals surface area contributed by atoms with E-state index in [1.165, 1.54) is 0 Å². The van der Waals surface area contributed by atoms with Crippen LogP contribution in [-0.2, 0) is 9.53 Å². The third kappa shape index (κ3) is 6.26. The molecule has 5 nitrogen and oxygen atoms in total. The van der Waals surface area contributed by atoms with E-state index in [9.17, 15) is 4.79 Å². The summed E-state index contributed by atoms with van der Waals surface area (Å²) in [5.41, 5.74) is 6.72. The van der Waals surface area contributed by atoms with Crippen molar-refractivity contribution in [3.05, 3.63) is 30.1 Å². The van der Waals surface area contributed by atoms with Crippen molar-refractivity contribution >= 4 is 30.7 Å². The van der Waals surface area contributed by atoms with Gasteiger partial charge in [-0.1, -0.05) is 19.9 Å². The monoisotopic (exact) mass is 363 g/mol. The smallest absolute Gasteiger partial charge is 0.249 e. The van der Waals surface area contributed by atoms with Crippen molar-refractivity contribution in [1.29, 1.82) is 0 Å². The van der Waals surface area contributed by atoms with Gasteiger partial charge in [0.05, 0.1) is 6.10 Å². The zero-order chi connectivity index (χ0) is 15.2. The number of nitrogens with two attached hydrogens (primary N) is 1. The van der Waals surface area contributed by atoms with Crippen molar-refractivity contribution in [2.24, 2.45) is 11.7 Å². The van der Waals surface area contributed by atoms with E-state index in [-0.39, 0.29) is 48.8 Å². The minimum Gasteiger partial charge on any atom is -0.364 e. The lowest BCUT2D eigenvalue weighted by atomic mass is 9.89. The molecule has 0 saturated carbocycles. The van der Waals surface area contributed by atoms with Gasteiger partial charge < -0.3 is 15.8 Å². The van der Waals surface area contributed by atoms with Crippen molar-refractivity contribution in [3.63, 3.8) is 0 Å². The number of pyridine rings is 1. The fourth-order valence-corrected chi connectivity index (χ4v) is 2.73. The van der Waals surface area contributed by atoms with Crippen molar-refractivity contribution in [2.45, 2.75) is 44.8 Å². The first kappa shape index (κ1) is 22.1. The third-order valence-electron chi connectivity index (χ3n) is 4.08. The lowest BCUT2D eigenvalue weighted by molar-refractivity contribution is -0.131. The normalized spacial score (nSPS) is 21.2. The predicted molar refractivity (Wildman–Crippen MR) is 96.3 cm³/mol. The number of hydrogen-bond acceptors (Lipinski definition) is 4. The number of nitrogens with one attached hydrogen (secondary N) is 1. The van der Waals surface area contributed by atoms with Crippen LogP contribution in [0.3, 0.4) is 0 Å². The van der Waals surface area contributed by atoms with Crippen LogP contribution in [0.1, 0.15) is 38.2 Å². The summed E-state index contributed by atoms with van der Waals surface area (Å²) in [7, 11) is 0. The highest BCUT2D eigenvalue weighted by Crippen LogP contribution is 2.23. The maximum Gasteiger partial charge on any atom is 0.249 e. The second-order valence-electron chi connectivity index (χ2n) is 5.94. The van der Waals surface area contributed by atoms with E-state index in [4.69, 9.17) is 10.5 Å². The minimum atomic E-state index is -0.347. The molecule has 1 aliphatic heterocycles. The summed E-state index contributed by atoms with van der Waals surface area (Å²) in [6.45, 7) is 5.39. The van der Waals surface area contributed by atoms with Gasteiger partial charge in [0.25, 0.3) is 0 Å². The third-order valence-corrected chi connectivity index (χ3v) is 4.08. The topological polar surface area (TPSA) is 77.2 Å². The first-order valence-electron chi connectivity index (χ1n) is 7.65. The molecule has 0 radical (unpaired) electrons. The van der Waals surface area contributed by atoms with E-state index in [2.05, 4.69) is 30.2 Å². The zero-order valence-electron chi connectivity index (χ0n) is 13.6. The van der Waals surface area contributed by atoms with Crippen molar-refractivity contribution in [3.8, 4) is 0 Å². The number of halogens is 2. The van der Waals surface area contributed by atoms with Gasteiger partial charge >= 0.3 is 0 Å². The Morgan fingerprint density at radius 2 is 2.17 bits per heavy atom. The molecular formula is C16H27Cl2N3O2. The highest BCUT2D eigenvalue weighted by molar-refractivity contribution is 5.85. The Morgan fingerprint density at radius 1 is 1.43 bits per heavy atom. The highest BCUT2D eigenvalue weighted by Gasteiger charge is 2.30. The van der Waals surface area contributed by atoms with E-state index in [0.717, 1.165) is 18.4 Å². The maximum atomic E-state index is 12.2. The molecule has 1 aromatic heterocycles. The van der Waals surface area contributed by atoms with Gasteiger partial charge in [-0.2, -0.15) is 0 Å². The Labute approximate surface area is 150 Å². The van der Waals surface area contributed by atoms with Crippen molar-refractivity contribution in [2.75, 3.05) is 13.1 Å². The van der Waals surface area contributed by atoms with Gasteiger partial charge in [0, 0.05) is 31.4 Å². The minimum absolute atomic E-state index is 0. The SMILES string of the molecule is CC(C)C(CNC(=O)[C@@H]1CC[C@H](CN)O1)c1cccnc1.Cl.Cl. The molecule has 1 aromatic rings. The average Bonchev–Trinajstić information content (AvgIpc) is 2.97. The number of aromatic nitrogens is 1. The lowest BCUT2D eigenvalue weighted by Gasteiger charge is -2.22. The standard InChI is InChI=1S/C16H25N3O2.2ClH/c1-11(2)14(12-4-3-7-18-9-12)10-19-16(20)15-6-5-13(8-17)21-15;;/h3-4,7,9,11,13-15H,5-6,8,10,17H2,1-2H3,(H,19,20);2*1H/t13-,14?,15+;;/m1../s1. The molecule has 3 atom stereocenters. The number of ether oxygens (including phenoxy) is 1. The second-order valence-corrected chi connectivity index (χ2v) is 5.94. The zero-order valence-corrected chi connectivity index (χ0v) is 15.2. The summed E-state index contributed by atoms with van der Waals surface area (Å²) in [5, 5.41) is 3.02. The molecule has 1 amide bonds. The summed E-state index contributed by atoms with van der Waals surface area (Å²) in [5.74, 6) is 0.658. The van der Waals surface area contributed by atoms with Crippen LogP contribution < -0.4 is 11.1 Å². The fraction of sp³-hybridized carbons (Fsp3) is 0.625. The Bertz CT molecular complexity index is 460. The number of hydrogen-bond donors (Lipinski definition) is 2. The summed E-state index contributed by atoms with van der Waals surface area (Å²) >= 11 is 0. The number of carbonyl (C=O) groups excluding carboxylic acids is 1. The van der Waals surface area contributed by atoms with Gasteiger partial charge in [-0.3, -0.25) is 9.78 Å². The van der Waals surface area contributed by atoms with Gasteiger partial charge in [-0.25, -0.2) is 0 Å². The second kappa shape index (κ2) is 10.8. The fourth-order valence-electron chi connectivity index (χ4n) is 2.73. The van der Waals surface area contributed by atoms with Gasteiger partial charge in [0.15, 0.2) is 0 Å². The Morgan fingerprint density at radius 3 is 2.70 bits per heavy atom. The largest absolute Gasteiger partial charge is 0.364 e. The Balaban J connectivity index is 0.00000242. The molecule has 1 saturated heterocycles. The number of carbonyl (C=O) groups is 1. The number of nitrogens with zero attached hydrogens (tertiary/aromatic N) is 1. The van der Waals surface area contributed by atoms with Crippen LogP contribution in [0.15, 0.2) is 24.5 Å². The Kier molecular flexibility index (Phi) is 10.4. The molecule has 1 aliphatic rings. The van der Waals surface area contributed by atoms with Crippen LogP contribution in [0, 0.1) is 5.92 Å². The van der Waals surface area contributed by atoms with Gasteiger partial charge in [0.2, 0.25) is 5.91 Å². The van der Waals surface area contributed by atoms with Crippen molar-refractivity contribution in [1.82, 2.24) is 10.3 Å². The molecule has 7 heteroatoms. The molecule has 0 aromatic carbocycles.